The maximum atomic E-state index is 11.6. The summed E-state index contributed by atoms with van der Waals surface area (Å²) in [5.41, 5.74) is -0.0226. The van der Waals surface area contributed by atoms with Crippen LogP contribution in [0.2, 0.25) is 0 Å². The highest BCUT2D eigenvalue weighted by Crippen LogP contribution is 2.43. The van der Waals surface area contributed by atoms with Crippen LogP contribution in [0.5, 0.6) is 0 Å². The molecular weight excluding hydrogens is 182 g/mol. The minimum atomic E-state index is -0.772. The number of carbonyl (C=O) groups excluding carboxylic acids is 1. The molecule has 0 aromatic rings. The monoisotopic (exact) mass is 197 g/mol. The third-order valence-corrected chi connectivity index (χ3v) is 3.39. The fourth-order valence-electron chi connectivity index (χ4n) is 2.02. The first-order valence-electron chi connectivity index (χ1n) is 5.06. The topological polar surface area (TPSA) is 57.6 Å². The number of piperidine rings is 1. The number of nitrogens with zero attached hydrogens (tertiary/aromatic N) is 1. The lowest BCUT2D eigenvalue weighted by Gasteiger charge is -2.35. The molecule has 1 unspecified atom stereocenters. The molecule has 78 valence electrons. The summed E-state index contributed by atoms with van der Waals surface area (Å²) in [4.78, 5) is 24.2. The van der Waals surface area contributed by atoms with E-state index in [1.165, 1.54) is 0 Å². The average molecular weight is 197 g/mol. The lowest BCUT2D eigenvalue weighted by molar-refractivity contribution is -0.149. The van der Waals surface area contributed by atoms with Crippen molar-refractivity contribution < 1.29 is 14.7 Å². The van der Waals surface area contributed by atoms with Crippen molar-refractivity contribution >= 4 is 11.9 Å². The number of hydrogen-bond acceptors (Lipinski definition) is 2. The Balaban J connectivity index is 2.07. The van der Waals surface area contributed by atoms with E-state index < -0.39 is 5.97 Å². The number of carbonyl (C=O) groups is 2. The Hall–Kier alpha value is -1.06. The number of carboxylic acid groups (broad SMARTS) is 1. The summed E-state index contributed by atoms with van der Waals surface area (Å²) < 4.78 is 0. The first kappa shape index (κ1) is 9.49. The Morgan fingerprint density at radius 2 is 2.21 bits per heavy atom. The predicted octanol–water partition coefficient (Wildman–Crippen LogP) is 0.862. The summed E-state index contributed by atoms with van der Waals surface area (Å²) in [6, 6.07) is 0. The Morgan fingerprint density at radius 3 is 2.71 bits per heavy atom. The molecule has 1 atom stereocenters. The second-order valence-corrected chi connectivity index (χ2v) is 4.58. The number of carboxylic acids is 1. The maximum Gasteiger partial charge on any atom is 0.308 e. The molecule has 0 aromatic heterocycles. The van der Waals surface area contributed by atoms with E-state index in [4.69, 9.17) is 5.11 Å². The minimum absolute atomic E-state index is 0.0226. The third kappa shape index (κ3) is 1.49. The molecule has 2 fully saturated rings. The molecule has 1 saturated carbocycles. The third-order valence-electron chi connectivity index (χ3n) is 3.39. The fraction of sp³-hybridized carbons (Fsp3) is 0.800. The van der Waals surface area contributed by atoms with Gasteiger partial charge in [-0.2, -0.15) is 0 Å². The van der Waals surface area contributed by atoms with Crippen LogP contribution in [0.15, 0.2) is 0 Å². The average Bonchev–Trinajstić information content (AvgIpc) is 2.85. The van der Waals surface area contributed by atoms with E-state index in [0.29, 0.717) is 19.4 Å². The molecule has 14 heavy (non-hydrogen) atoms. The van der Waals surface area contributed by atoms with Crippen molar-refractivity contribution in [1.29, 1.82) is 0 Å². The van der Waals surface area contributed by atoms with E-state index >= 15 is 0 Å². The first-order valence-corrected chi connectivity index (χ1v) is 5.06. The molecule has 0 bridgehead atoms. The highest BCUT2D eigenvalue weighted by Gasteiger charge is 2.48. The second kappa shape index (κ2) is 2.97. The Morgan fingerprint density at radius 1 is 1.57 bits per heavy atom. The molecule has 2 rings (SSSR count). The lowest BCUT2D eigenvalue weighted by Crippen LogP contribution is -2.48. The summed E-state index contributed by atoms with van der Waals surface area (Å²) in [5, 5.41) is 8.89. The van der Waals surface area contributed by atoms with Crippen LogP contribution >= 0.6 is 0 Å². The van der Waals surface area contributed by atoms with Gasteiger partial charge in [-0.3, -0.25) is 9.59 Å². The van der Waals surface area contributed by atoms with Crippen molar-refractivity contribution in [2.24, 2.45) is 5.92 Å². The van der Waals surface area contributed by atoms with Crippen molar-refractivity contribution in [3.8, 4) is 0 Å². The molecule has 1 aliphatic carbocycles. The molecular formula is C10H15NO3. The molecule has 1 heterocycles. The van der Waals surface area contributed by atoms with Gasteiger partial charge in [0.1, 0.15) is 0 Å². The maximum absolute atomic E-state index is 11.6. The van der Waals surface area contributed by atoms with Gasteiger partial charge >= 0.3 is 5.97 Å². The lowest BCUT2D eigenvalue weighted by atomic mass is 9.96. The van der Waals surface area contributed by atoms with Gasteiger partial charge in [-0.15, -0.1) is 0 Å². The first-order chi connectivity index (χ1) is 6.53. The fourth-order valence-corrected chi connectivity index (χ4v) is 2.02. The highest BCUT2D eigenvalue weighted by molar-refractivity contribution is 5.81. The van der Waals surface area contributed by atoms with Crippen LogP contribution < -0.4 is 0 Å². The van der Waals surface area contributed by atoms with Crippen LogP contribution in [0.3, 0.4) is 0 Å². The van der Waals surface area contributed by atoms with Gasteiger partial charge in [0.15, 0.2) is 0 Å². The summed E-state index contributed by atoms with van der Waals surface area (Å²) >= 11 is 0. The molecule has 0 aromatic carbocycles. The number of amides is 1. The van der Waals surface area contributed by atoms with Crippen LogP contribution in [0, 0.1) is 5.92 Å². The molecule has 0 spiro atoms. The molecule has 4 nitrogen and oxygen atoms in total. The molecule has 1 aliphatic heterocycles. The number of aliphatic carboxylic acids is 1. The van der Waals surface area contributed by atoms with E-state index in [1.54, 1.807) is 4.90 Å². The molecule has 2 aliphatic rings. The van der Waals surface area contributed by atoms with Crippen LogP contribution in [0.4, 0.5) is 0 Å². The van der Waals surface area contributed by atoms with Gasteiger partial charge in [-0.1, -0.05) is 0 Å². The van der Waals surface area contributed by atoms with Crippen molar-refractivity contribution in [3.05, 3.63) is 0 Å². The number of likely N-dealkylation sites (tertiary alicyclic amines) is 1. The van der Waals surface area contributed by atoms with E-state index in [2.05, 4.69) is 0 Å². The Labute approximate surface area is 82.9 Å². The number of rotatable bonds is 2. The molecule has 4 heteroatoms. The van der Waals surface area contributed by atoms with E-state index in [9.17, 15) is 9.59 Å². The normalized spacial score (nSPS) is 30.2. The zero-order valence-electron chi connectivity index (χ0n) is 8.32. The standard InChI is InChI=1S/C10H15NO3/c1-10(4-5-10)11-6-7(9(13)14)2-3-8(11)12/h7H,2-6H2,1H3,(H,13,14). The minimum Gasteiger partial charge on any atom is -0.481 e. The second-order valence-electron chi connectivity index (χ2n) is 4.58. The van der Waals surface area contributed by atoms with Crippen molar-refractivity contribution in [1.82, 2.24) is 4.90 Å². The predicted molar refractivity (Wildman–Crippen MR) is 49.7 cm³/mol. The van der Waals surface area contributed by atoms with Crippen molar-refractivity contribution in [3.63, 3.8) is 0 Å². The van der Waals surface area contributed by atoms with Gasteiger partial charge in [0.05, 0.1) is 5.92 Å². The van der Waals surface area contributed by atoms with Crippen LogP contribution in [0.1, 0.15) is 32.6 Å². The Kier molecular flexibility index (Phi) is 2.01. The molecule has 1 saturated heterocycles. The molecule has 1 N–H and O–H groups in total. The quantitative estimate of drug-likeness (QED) is 0.714. The van der Waals surface area contributed by atoms with Gasteiger partial charge < -0.3 is 10.0 Å². The van der Waals surface area contributed by atoms with Gasteiger partial charge in [0, 0.05) is 18.5 Å². The molecule has 1 amide bonds. The van der Waals surface area contributed by atoms with E-state index in [1.807, 2.05) is 6.92 Å². The number of hydrogen-bond donors (Lipinski definition) is 1. The van der Waals surface area contributed by atoms with Crippen molar-refractivity contribution in [2.75, 3.05) is 6.54 Å². The van der Waals surface area contributed by atoms with Gasteiger partial charge in [0.25, 0.3) is 0 Å². The zero-order chi connectivity index (χ0) is 10.3. The summed E-state index contributed by atoms with van der Waals surface area (Å²) in [6.45, 7) is 2.44. The van der Waals surface area contributed by atoms with Crippen LogP contribution in [-0.4, -0.2) is 34.0 Å². The van der Waals surface area contributed by atoms with E-state index in [-0.39, 0.29) is 17.4 Å². The summed E-state index contributed by atoms with van der Waals surface area (Å²) in [5.74, 6) is -1.00. The molecule has 0 radical (unpaired) electrons. The van der Waals surface area contributed by atoms with Gasteiger partial charge in [-0.25, -0.2) is 0 Å². The van der Waals surface area contributed by atoms with E-state index in [0.717, 1.165) is 12.8 Å². The van der Waals surface area contributed by atoms with Crippen LogP contribution in [0.25, 0.3) is 0 Å². The van der Waals surface area contributed by atoms with Crippen molar-refractivity contribution in [2.45, 2.75) is 38.1 Å². The van der Waals surface area contributed by atoms with Crippen LogP contribution in [-0.2, 0) is 9.59 Å². The zero-order valence-corrected chi connectivity index (χ0v) is 8.32. The van der Waals surface area contributed by atoms with Gasteiger partial charge in [0.2, 0.25) is 5.91 Å². The smallest absolute Gasteiger partial charge is 0.308 e. The SMILES string of the molecule is CC1(N2CC(C(=O)O)CCC2=O)CC1. The van der Waals surface area contributed by atoms with Gasteiger partial charge in [-0.05, 0) is 26.2 Å². The summed E-state index contributed by atoms with van der Waals surface area (Å²) in [7, 11) is 0. The largest absolute Gasteiger partial charge is 0.481 e. The highest BCUT2D eigenvalue weighted by atomic mass is 16.4. The summed E-state index contributed by atoms with van der Waals surface area (Å²) in [6.07, 6.45) is 2.93. The Bertz CT molecular complexity index is 283.